The minimum Gasteiger partial charge on any atom is -0.493 e. The Morgan fingerprint density at radius 3 is 2.74 bits per heavy atom. The molecule has 0 bridgehead atoms. The van der Waals surface area contributed by atoms with E-state index in [1.54, 1.807) is 24.4 Å². The van der Waals surface area contributed by atoms with Crippen molar-refractivity contribution in [3.63, 3.8) is 0 Å². The summed E-state index contributed by atoms with van der Waals surface area (Å²) in [6.45, 7) is 1.41. The van der Waals surface area contributed by atoms with Crippen LogP contribution >= 0.6 is 23.2 Å². The highest BCUT2D eigenvalue weighted by Gasteiger charge is 2.00. The van der Waals surface area contributed by atoms with Gasteiger partial charge in [0.15, 0.2) is 0 Å². The Hall–Kier alpha value is -1.45. The lowest BCUT2D eigenvalue weighted by molar-refractivity contribution is 0.315. The summed E-state index contributed by atoms with van der Waals surface area (Å²) in [5.41, 5.74) is 0. The number of benzene rings is 1. The van der Waals surface area contributed by atoms with Crippen LogP contribution in [0.25, 0.3) is 0 Å². The molecule has 0 atom stereocenters. The molecule has 3 nitrogen and oxygen atoms in total. The zero-order valence-corrected chi connectivity index (χ0v) is 11.8. The van der Waals surface area contributed by atoms with Crippen molar-refractivity contribution in [2.45, 2.75) is 6.42 Å². The molecule has 0 unspecified atom stereocenters. The van der Waals surface area contributed by atoms with E-state index >= 15 is 0 Å². The Morgan fingerprint density at radius 1 is 1.11 bits per heavy atom. The first-order valence-electron chi connectivity index (χ1n) is 5.98. The van der Waals surface area contributed by atoms with Gasteiger partial charge in [0, 0.05) is 18.8 Å². The molecule has 5 heteroatoms. The molecule has 2 aromatic rings. The summed E-state index contributed by atoms with van der Waals surface area (Å²) in [6, 6.07) is 11.0. The van der Waals surface area contributed by atoms with Gasteiger partial charge in [0.25, 0.3) is 0 Å². The third kappa shape index (κ3) is 4.62. The number of aromatic nitrogens is 1. The highest BCUT2D eigenvalue weighted by molar-refractivity contribution is 6.42. The molecule has 0 amide bonds. The Labute approximate surface area is 122 Å². The second-order valence-electron chi connectivity index (χ2n) is 3.92. The fraction of sp³-hybridized carbons (Fsp3) is 0.214. The van der Waals surface area contributed by atoms with E-state index in [4.69, 9.17) is 27.9 Å². The average Bonchev–Trinajstić information content (AvgIpc) is 2.43. The molecule has 1 N–H and O–H groups in total. The maximum absolute atomic E-state index is 5.90. The van der Waals surface area contributed by atoms with Crippen LogP contribution in [0.1, 0.15) is 6.42 Å². The molecule has 1 aromatic carbocycles. The van der Waals surface area contributed by atoms with Gasteiger partial charge in [-0.2, -0.15) is 0 Å². The van der Waals surface area contributed by atoms with Gasteiger partial charge in [-0.05, 0) is 30.7 Å². The largest absolute Gasteiger partial charge is 0.493 e. The molecule has 0 saturated heterocycles. The van der Waals surface area contributed by atoms with Crippen molar-refractivity contribution < 1.29 is 4.74 Å². The first kappa shape index (κ1) is 14.0. The highest BCUT2D eigenvalue weighted by Crippen LogP contribution is 2.26. The Morgan fingerprint density at radius 2 is 2.00 bits per heavy atom. The molecule has 2 rings (SSSR count). The maximum atomic E-state index is 5.90. The van der Waals surface area contributed by atoms with Crippen molar-refractivity contribution in [2.24, 2.45) is 0 Å². The summed E-state index contributed by atoms with van der Waals surface area (Å²) in [4.78, 5) is 4.17. The molecule has 19 heavy (non-hydrogen) atoms. The molecule has 0 fully saturated rings. The fourth-order valence-electron chi connectivity index (χ4n) is 1.51. The van der Waals surface area contributed by atoms with Crippen LogP contribution in [-0.2, 0) is 0 Å². The predicted molar refractivity (Wildman–Crippen MR) is 79.3 cm³/mol. The Kier molecular flexibility index (Phi) is 5.31. The smallest absolute Gasteiger partial charge is 0.125 e. The van der Waals surface area contributed by atoms with Gasteiger partial charge in [-0.3, -0.25) is 0 Å². The zero-order valence-electron chi connectivity index (χ0n) is 10.3. The lowest BCUT2D eigenvalue weighted by atomic mass is 10.3. The van der Waals surface area contributed by atoms with Crippen LogP contribution in [0.2, 0.25) is 10.0 Å². The quantitative estimate of drug-likeness (QED) is 0.808. The monoisotopic (exact) mass is 296 g/mol. The number of halogens is 2. The van der Waals surface area contributed by atoms with E-state index in [0.717, 1.165) is 24.5 Å². The van der Waals surface area contributed by atoms with Crippen LogP contribution in [0, 0.1) is 0 Å². The summed E-state index contributed by atoms with van der Waals surface area (Å²) < 4.78 is 5.58. The van der Waals surface area contributed by atoms with Gasteiger partial charge in [-0.25, -0.2) is 4.98 Å². The second-order valence-corrected chi connectivity index (χ2v) is 4.73. The van der Waals surface area contributed by atoms with E-state index in [1.807, 2.05) is 18.2 Å². The summed E-state index contributed by atoms with van der Waals surface area (Å²) in [7, 11) is 0. The van der Waals surface area contributed by atoms with Crippen LogP contribution in [0.15, 0.2) is 42.6 Å². The minimum absolute atomic E-state index is 0.505. The number of hydrogen-bond donors (Lipinski definition) is 1. The van der Waals surface area contributed by atoms with Crippen LogP contribution in [0.3, 0.4) is 0 Å². The molecule has 0 aliphatic carbocycles. The first-order valence-corrected chi connectivity index (χ1v) is 6.74. The Balaban J connectivity index is 1.68. The highest BCUT2D eigenvalue weighted by atomic mass is 35.5. The molecular weight excluding hydrogens is 283 g/mol. The van der Waals surface area contributed by atoms with Crippen molar-refractivity contribution in [3.05, 3.63) is 52.6 Å². The molecule has 0 radical (unpaired) electrons. The van der Waals surface area contributed by atoms with Crippen LogP contribution in [0.5, 0.6) is 5.75 Å². The van der Waals surface area contributed by atoms with Gasteiger partial charge >= 0.3 is 0 Å². The molecule has 0 aliphatic rings. The summed E-state index contributed by atoms with van der Waals surface area (Å²) in [6.07, 6.45) is 2.63. The van der Waals surface area contributed by atoms with Gasteiger partial charge in [-0.1, -0.05) is 29.3 Å². The van der Waals surface area contributed by atoms with E-state index in [-0.39, 0.29) is 0 Å². The number of ether oxygens (including phenoxy) is 1. The van der Waals surface area contributed by atoms with Crippen molar-refractivity contribution in [1.82, 2.24) is 4.98 Å². The van der Waals surface area contributed by atoms with Crippen molar-refractivity contribution >= 4 is 29.0 Å². The number of anilines is 1. The molecule has 0 aliphatic heterocycles. The van der Waals surface area contributed by atoms with E-state index in [2.05, 4.69) is 10.3 Å². The molecule has 0 saturated carbocycles. The summed E-state index contributed by atoms with van der Waals surface area (Å²) in [5, 5.41) is 4.25. The van der Waals surface area contributed by atoms with Gasteiger partial charge in [0.1, 0.15) is 11.6 Å². The number of rotatable bonds is 6. The number of pyridine rings is 1. The summed E-state index contributed by atoms with van der Waals surface area (Å²) >= 11 is 11.7. The molecule has 0 spiro atoms. The molecule has 1 heterocycles. The molecular formula is C14H14Cl2N2O. The fourth-order valence-corrected chi connectivity index (χ4v) is 1.80. The zero-order chi connectivity index (χ0) is 13.5. The second kappa shape index (κ2) is 7.22. The maximum Gasteiger partial charge on any atom is 0.125 e. The summed E-state index contributed by atoms with van der Waals surface area (Å²) in [5.74, 6) is 1.60. The first-order chi connectivity index (χ1) is 9.25. The van der Waals surface area contributed by atoms with Crippen molar-refractivity contribution in [3.8, 4) is 5.75 Å². The van der Waals surface area contributed by atoms with E-state index < -0.39 is 0 Å². The topological polar surface area (TPSA) is 34.1 Å². The third-order valence-electron chi connectivity index (χ3n) is 2.45. The lowest BCUT2D eigenvalue weighted by Crippen LogP contribution is -2.08. The third-order valence-corrected chi connectivity index (χ3v) is 3.19. The SMILES string of the molecule is Clc1ccc(OCCCNc2ccccn2)cc1Cl. The normalized spacial score (nSPS) is 10.2. The number of nitrogens with one attached hydrogen (secondary N) is 1. The van der Waals surface area contributed by atoms with Crippen molar-refractivity contribution in [1.29, 1.82) is 0 Å². The number of nitrogens with zero attached hydrogens (tertiary/aromatic N) is 1. The van der Waals surface area contributed by atoms with Crippen molar-refractivity contribution in [2.75, 3.05) is 18.5 Å². The van der Waals surface area contributed by atoms with Gasteiger partial charge < -0.3 is 10.1 Å². The minimum atomic E-state index is 0.505. The molecule has 100 valence electrons. The van der Waals surface area contributed by atoms with Crippen LogP contribution < -0.4 is 10.1 Å². The lowest BCUT2D eigenvalue weighted by Gasteiger charge is -2.08. The van der Waals surface area contributed by atoms with Crippen LogP contribution in [-0.4, -0.2) is 18.1 Å². The van der Waals surface area contributed by atoms with E-state index in [1.165, 1.54) is 0 Å². The van der Waals surface area contributed by atoms with Gasteiger partial charge in [-0.15, -0.1) is 0 Å². The molecule has 1 aromatic heterocycles. The standard InChI is InChI=1S/C14H14Cl2N2O/c15-12-6-5-11(10-13(12)16)19-9-3-8-18-14-4-1-2-7-17-14/h1-2,4-7,10H,3,8-9H2,(H,17,18). The van der Waals surface area contributed by atoms with Gasteiger partial charge in [0.2, 0.25) is 0 Å². The van der Waals surface area contributed by atoms with Gasteiger partial charge in [0.05, 0.1) is 16.7 Å². The number of hydrogen-bond acceptors (Lipinski definition) is 3. The Bertz CT molecular complexity index is 520. The average molecular weight is 297 g/mol. The van der Waals surface area contributed by atoms with E-state index in [9.17, 15) is 0 Å². The van der Waals surface area contributed by atoms with Crippen LogP contribution in [0.4, 0.5) is 5.82 Å². The predicted octanol–water partition coefficient (Wildman–Crippen LogP) is 4.27. The van der Waals surface area contributed by atoms with E-state index in [0.29, 0.717) is 16.7 Å².